The van der Waals surface area contributed by atoms with Crippen LogP contribution < -0.4 is 5.32 Å². The van der Waals surface area contributed by atoms with Gasteiger partial charge in [-0.1, -0.05) is 0 Å². The minimum absolute atomic E-state index is 0.0710. The van der Waals surface area contributed by atoms with Crippen molar-refractivity contribution in [2.75, 3.05) is 19.8 Å². The molecule has 0 bridgehead atoms. The summed E-state index contributed by atoms with van der Waals surface area (Å²) in [6.45, 7) is 6.12. The highest BCUT2D eigenvalue weighted by Gasteiger charge is 2.42. The minimum Gasteiger partial charge on any atom is -0.382 e. The van der Waals surface area contributed by atoms with Crippen LogP contribution in [-0.4, -0.2) is 35.6 Å². The molecule has 2 rings (SSSR count). The Bertz CT molecular complexity index is 410. The third kappa shape index (κ3) is 3.32. The number of nitrogens with zero attached hydrogens (tertiary/aromatic N) is 1. The van der Waals surface area contributed by atoms with Gasteiger partial charge in [0, 0.05) is 19.8 Å². The molecule has 0 unspecified atom stereocenters. The Morgan fingerprint density at radius 1 is 1.61 bits per heavy atom. The van der Waals surface area contributed by atoms with Crippen molar-refractivity contribution in [3.05, 3.63) is 17.7 Å². The summed E-state index contributed by atoms with van der Waals surface area (Å²) in [5, 5.41) is 2.98. The lowest BCUT2D eigenvalue weighted by atomic mass is 10.0. The molecule has 1 amide bonds. The number of amides is 1. The molecule has 1 aromatic rings. The van der Waals surface area contributed by atoms with Crippen LogP contribution in [0.4, 0.5) is 0 Å². The number of ether oxygens (including phenoxy) is 1. The van der Waals surface area contributed by atoms with Crippen LogP contribution in [0.3, 0.4) is 0 Å². The Labute approximate surface area is 107 Å². The number of aryl methyl sites for hydroxylation is 1. The molecular weight excluding hydrogens is 230 g/mol. The second kappa shape index (κ2) is 5.52. The molecular formula is C13H21N3O2. The van der Waals surface area contributed by atoms with Gasteiger partial charge in [0.15, 0.2) is 0 Å². The highest BCUT2D eigenvalue weighted by molar-refractivity contribution is 5.92. The molecule has 5 nitrogen and oxygen atoms in total. The number of aromatic amines is 1. The third-order valence-electron chi connectivity index (χ3n) is 3.51. The van der Waals surface area contributed by atoms with E-state index in [0.717, 1.165) is 32.0 Å². The first-order valence-corrected chi connectivity index (χ1v) is 6.53. The lowest BCUT2D eigenvalue weighted by Crippen LogP contribution is -2.31. The first kappa shape index (κ1) is 13.1. The number of nitrogens with one attached hydrogen (secondary N) is 2. The second-order valence-corrected chi connectivity index (χ2v) is 5.01. The first-order valence-electron chi connectivity index (χ1n) is 6.53. The van der Waals surface area contributed by atoms with Gasteiger partial charge in [-0.3, -0.25) is 4.79 Å². The molecule has 0 saturated heterocycles. The summed E-state index contributed by atoms with van der Waals surface area (Å²) in [7, 11) is 0. The summed E-state index contributed by atoms with van der Waals surface area (Å²) in [5.74, 6) is 0.691. The predicted octanol–water partition coefficient (Wildman–Crippen LogP) is 1.65. The van der Waals surface area contributed by atoms with Crippen molar-refractivity contribution < 1.29 is 9.53 Å². The average Bonchev–Trinajstić information content (AvgIpc) is 3.00. The maximum absolute atomic E-state index is 11.8. The van der Waals surface area contributed by atoms with E-state index < -0.39 is 0 Å². The van der Waals surface area contributed by atoms with E-state index in [1.54, 1.807) is 6.20 Å². The van der Waals surface area contributed by atoms with Gasteiger partial charge in [0.1, 0.15) is 11.5 Å². The Morgan fingerprint density at radius 2 is 2.39 bits per heavy atom. The molecule has 1 aromatic heterocycles. The van der Waals surface area contributed by atoms with Gasteiger partial charge >= 0.3 is 0 Å². The van der Waals surface area contributed by atoms with E-state index in [4.69, 9.17) is 4.74 Å². The molecule has 1 aliphatic rings. The van der Waals surface area contributed by atoms with Crippen LogP contribution in [0, 0.1) is 12.3 Å². The second-order valence-electron chi connectivity index (χ2n) is 5.01. The monoisotopic (exact) mass is 251 g/mol. The van der Waals surface area contributed by atoms with Crippen LogP contribution in [0.5, 0.6) is 0 Å². The Balaban J connectivity index is 1.76. The molecule has 0 aromatic carbocycles. The van der Waals surface area contributed by atoms with E-state index in [-0.39, 0.29) is 11.3 Å². The van der Waals surface area contributed by atoms with E-state index in [1.807, 2.05) is 13.8 Å². The van der Waals surface area contributed by atoms with E-state index in [1.165, 1.54) is 12.8 Å². The number of rotatable bonds is 7. The standard InChI is InChI=1S/C13H21N3O2/c1-3-18-7-6-13(4-5-13)9-15-12(17)11-8-14-10(2)16-11/h8H,3-7,9H2,1-2H3,(H,14,16)(H,15,17). The number of imidazole rings is 1. The van der Waals surface area contributed by atoms with Crippen molar-refractivity contribution in [2.24, 2.45) is 5.41 Å². The molecule has 1 heterocycles. The molecule has 0 spiro atoms. The predicted molar refractivity (Wildman–Crippen MR) is 68.4 cm³/mol. The quantitative estimate of drug-likeness (QED) is 0.724. The number of carbonyl (C=O) groups is 1. The molecule has 0 atom stereocenters. The number of aromatic nitrogens is 2. The average molecular weight is 251 g/mol. The summed E-state index contributed by atoms with van der Waals surface area (Å²) in [6, 6.07) is 0. The SMILES string of the molecule is CCOCCC1(CNC(=O)c2cnc(C)[nH]2)CC1. The van der Waals surface area contributed by atoms with Crippen LogP contribution in [0.1, 0.15) is 42.5 Å². The maximum Gasteiger partial charge on any atom is 0.269 e. The summed E-state index contributed by atoms with van der Waals surface area (Å²) >= 11 is 0. The molecule has 1 aliphatic carbocycles. The summed E-state index contributed by atoms with van der Waals surface area (Å²) in [4.78, 5) is 18.8. The fourth-order valence-corrected chi connectivity index (χ4v) is 2.02. The van der Waals surface area contributed by atoms with Crippen LogP contribution in [0.15, 0.2) is 6.20 Å². The zero-order valence-electron chi connectivity index (χ0n) is 11.1. The summed E-state index contributed by atoms with van der Waals surface area (Å²) in [6.07, 6.45) is 4.97. The molecule has 0 aliphatic heterocycles. The summed E-state index contributed by atoms with van der Waals surface area (Å²) in [5.41, 5.74) is 0.813. The molecule has 18 heavy (non-hydrogen) atoms. The third-order valence-corrected chi connectivity index (χ3v) is 3.51. The highest BCUT2D eigenvalue weighted by atomic mass is 16.5. The lowest BCUT2D eigenvalue weighted by molar-refractivity contribution is 0.0925. The number of hydrogen-bond acceptors (Lipinski definition) is 3. The molecule has 1 fully saturated rings. The van der Waals surface area contributed by atoms with Crippen LogP contribution in [0.25, 0.3) is 0 Å². The van der Waals surface area contributed by atoms with E-state index >= 15 is 0 Å². The van der Waals surface area contributed by atoms with Crippen molar-refractivity contribution in [3.8, 4) is 0 Å². The van der Waals surface area contributed by atoms with Crippen molar-refractivity contribution >= 4 is 5.91 Å². The fraction of sp³-hybridized carbons (Fsp3) is 0.692. The molecule has 100 valence electrons. The number of hydrogen-bond donors (Lipinski definition) is 2. The van der Waals surface area contributed by atoms with Gasteiger partial charge < -0.3 is 15.0 Å². The largest absolute Gasteiger partial charge is 0.382 e. The molecule has 5 heteroatoms. The maximum atomic E-state index is 11.8. The molecule has 2 N–H and O–H groups in total. The Morgan fingerprint density at radius 3 is 2.94 bits per heavy atom. The smallest absolute Gasteiger partial charge is 0.269 e. The molecule has 0 radical (unpaired) electrons. The van der Waals surface area contributed by atoms with Gasteiger partial charge in [-0.05, 0) is 38.5 Å². The van der Waals surface area contributed by atoms with Gasteiger partial charge in [0.25, 0.3) is 5.91 Å². The summed E-state index contributed by atoms with van der Waals surface area (Å²) < 4.78 is 5.38. The van der Waals surface area contributed by atoms with Crippen molar-refractivity contribution in [2.45, 2.75) is 33.1 Å². The number of carbonyl (C=O) groups excluding carboxylic acids is 1. The van der Waals surface area contributed by atoms with E-state index in [0.29, 0.717) is 5.69 Å². The highest BCUT2D eigenvalue weighted by Crippen LogP contribution is 2.48. The van der Waals surface area contributed by atoms with Gasteiger partial charge in [-0.25, -0.2) is 4.98 Å². The zero-order chi connectivity index (χ0) is 13.0. The molecule has 1 saturated carbocycles. The Kier molecular flexibility index (Phi) is 4.01. The van der Waals surface area contributed by atoms with Crippen molar-refractivity contribution in [1.82, 2.24) is 15.3 Å². The van der Waals surface area contributed by atoms with Crippen molar-refractivity contribution in [3.63, 3.8) is 0 Å². The fourth-order valence-electron chi connectivity index (χ4n) is 2.02. The normalized spacial score (nSPS) is 16.6. The van der Waals surface area contributed by atoms with Gasteiger partial charge in [-0.2, -0.15) is 0 Å². The van der Waals surface area contributed by atoms with Crippen molar-refractivity contribution in [1.29, 1.82) is 0 Å². The first-order chi connectivity index (χ1) is 8.65. The van der Waals surface area contributed by atoms with Gasteiger partial charge in [0.05, 0.1) is 6.20 Å². The van der Waals surface area contributed by atoms with Crippen LogP contribution in [-0.2, 0) is 4.74 Å². The topological polar surface area (TPSA) is 67.0 Å². The van der Waals surface area contributed by atoms with E-state index in [2.05, 4.69) is 15.3 Å². The lowest BCUT2D eigenvalue weighted by Gasteiger charge is -2.15. The minimum atomic E-state index is -0.0710. The van der Waals surface area contributed by atoms with Crippen LogP contribution in [0.2, 0.25) is 0 Å². The van der Waals surface area contributed by atoms with Crippen LogP contribution >= 0.6 is 0 Å². The van der Waals surface area contributed by atoms with E-state index in [9.17, 15) is 4.79 Å². The number of H-pyrrole nitrogens is 1. The van der Waals surface area contributed by atoms with Gasteiger partial charge in [-0.15, -0.1) is 0 Å². The Hall–Kier alpha value is -1.36. The van der Waals surface area contributed by atoms with Gasteiger partial charge in [0.2, 0.25) is 0 Å². The zero-order valence-corrected chi connectivity index (χ0v) is 11.1.